The number of rotatable bonds is 4. The summed E-state index contributed by atoms with van der Waals surface area (Å²) >= 11 is 0. The molecule has 2 nitrogen and oxygen atoms in total. The summed E-state index contributed by atoms with van der Waals surface area (Å²) < 4.78 is 0. The van der Waals surface area contributed by atoms with Crippen LogP contribution < -0.4 is 10.6 Å². The monoisotopic (exact) mass is 194 g/mol. The van der Waals surface area contributed by atoms with Crippen molar-refractivity contribution in [3.63, 3.8) is 0 Å². The molecule has 2 saturated carbocycles. The van der Waals surface area contributed by atoms with Crippen molar-refractivity contribution in [3.05, 3.63) is 0 Å². The van der Waals surface area contributed by atoms with Gasteiger partial charge in [0.2, 0.25) is 0 Å². The molecule has 0 bridgehead atoms. The average Bonchev–Trinajstić information content (AvgIpc) is 3.09. The highest BCUT2D eigenvalue weighted by Crippen LogP contribution is 2.58. The van der Waals surface area contributed by atoms with Crippen LogP contribution in [0.5, 0.6) is 0 Å². The SMILES string of the molecule is C1CC2(CCN1)C[C@H]2CNCC1CC1. The van der Waals surface area contributed by atoms with Crippen molar-refractivity contribution in [2.45, 2.75) is 32.1 Å². The minimum absolute atomic E-state index is 0.780. The fourth-order valence-electron chi connectivity index (χ4n) is 3.04. The quantitative estimate of drug-likeness (QED) is 0.706. The minimum atomic E-state index is 0.780. The Morgan fingerprint density at radius 1 is 1.14 bits per heavy atom. The average molecular weight is 194 g/mol. The maximum atomic E-state index is 3.66. The summed E-state index contributed by atoms with van der Waals surface area (Å²) in [6.07, 6.45) is 7.33. The summed E-state index contributed by atoms with van der Waals surface area (Å²) in [5, 5.41) is 7.13. The van der Waals surface area contributed by atoms with Crippen LogP contribution in [-0.4, -0.2) is 26.2 Å². The summed E-state index contributed by atoms with van der Waals surface area (Å²) in [5.74, 6) is 2.06. The van der Waals surface area contributed by atoms with Gasteiger partial charge in [-0.15, -0.1) is 0 Å². The molecule has 0 aromatic carbocycles. The van der Waals surface area contributed by atoms with Crippen LogP contribution in [0.15, 0.2) is 0 Å². The lowest BCUT2D eigenvalue weighted by Crippen LogP contribution is -2.31. The summed E-state index contributed by atoms with van der Waals surface area (Å²) in [7, 11) is 0. The molecule has 1 heterocycles. The van der Waals surface area contributed by atoms with E-state index in [1.165, 1.54) is 58.3 Å². The molecular formula is C12H22N2. The molecule has 3 rings (SSSR count). The van der Waals surface area contributed by atoms with Crippen LogP contribution in [0.3, 0.4) is 0 Å². The second kappa shape index (κ2) is 3.49. The molecule has 1 aliphatic heterocycles. The lowest BCUT2D eigenvalue weighted by Gasteiger charge is -2.23. The molecule has 3 fully saturated rings. The van der Waals surface area contributed by atoms with E-state index < -0.39 is 0 Å². The van der Waals surface area contributed by atoms with E-state index in [9.17, 15) is 0 Å². The van der Waals surface area contributed by atoms with E-state index in [2.05, 4.69) is 10.6 Å². The van der Waals surface area contributed by atoms with Crippen molar-refractivity contribution in [2.75, 3.05) is 26.2 Å². The Bertz CT molecular complexity index is 204. The Labute approximate surface area is 86.8 Å². The predicted octanol–water partition coefficient (Wildman–Crippen LogP) is 1.38. The highest BCUT2D eigenvalue weighted by Gasteiger charge is 2.53. The van der Waals surface area contributed by atoms with Crippen molar-refractivity contribution >= 4 is 0 Å². The van der Waals surface area contributed by atoms with Crippen molar-refractivity contribution < 1.29 is 0 Å². The van der Waals surface area contributed by atoms with Crippen LogP contribution in [0.4, 0.5) is 0 Å². The lowest BCUT2D eigenvalue weighted by molar-refractivity contribution is 0.318. The second-order valence-corrected chi connectivity index (χ2v) is 5.62. The topological polar surface area (TPSA) is 24.1 Å². The van der Waals surface area contributed by atoms with Crippen LogP contribution in [0, 0.1) is 17.3 Å². The molecule has 0 radical (unpaired) electrons. The summed E-state index contributed by atoms with van der Waals surface area (Å²) in [4.78, 5) is 0. The Morgan fingerprint density at radius 3 is 2.64 bits per heavy atom. The van der Waals surface area contributed by atoms with Gasteiger partial charge in [-0.05, 0) is 75.5 Å². The highest BCUT2D eigenvalue weighted by molar-refractivity contribution is 5.05. The van der Waals surface area contributed by atoms with Crippen molar-refractivity contribution in [3.8, 4) is 0 Å². The van der Waals surface area contributed by atoms with Gasteiger partial charge in [0.25, 0.3) is 0 Å². The molecule has 2 aliphatic carbocycles. The predicted molar refractivity (Wildman–Crippen MR) is 58.2 cm³/mol. The summed E-state index contributed by atoms with van der Waals surface area (Å²) in [5.41, 5.74) is 0.780. The molecule has 2 N–H and O–H groups in total. The molecule has 0 amide bonds. The van der Waals surface area contributed by atoms with Gasteiger partial charge in [0.15, 0.2) is 0 Å². The van der Waals surface area contributed by atoms with E-state index in [1.807, 2.05) is 0 Å². The zero-order valence-electron chi connectivity index (χ0n) is 9.02. The number of hydrogen-bond acceptors (Lipinski definition) is 2. The first-order valence-corrected chi connectivity index (χ1v) is 6.30. The molecule has 0 unspecified atom stereocenters. The zero-order chi connectivity index (χ0) is 9.43. The van der Waals surface area contributed by atoms with E-state index in [4.69, 9.17) is 0 Å². The third-order valence-electron chi connectivity index (χ3n) is 4.48. The van der Waals surface area contributed by atoms with Gasteiger partial charge in [-0.25, -0.2) is 0 Å². The smallest absolute Gasteiger partial charge is 0.00149 e. The van der Waals surface area contributed by atoms with Gasteiger partial charge in [0.05, 0.1) is 0 Å². The third kappa shape index (κ3) is 1.82. The Kier molecular flexibility index (Phi) is 2.29. The number of hydrogen-bond donors (Lipinski definition) is 2. The van der Waals surface area contributed by atoms with Crippen molar-refractivity contribution in [1.29, 1.82) is 0 Å². The molecule has 0 aromatic rings. The molecular weight excluding hydrogens is 172 g/mol. The lowest BCUT2D eigenvalue weighted by atomic mass is 9.92. The minimum Gasteiger partial charge on any atom is -0.317 e. The Hall–Kier alpha value is -0.0800. The molecule has 1 atom stereocenters. The van der Waals surface area contributed by atoms with Crippen molar-refractivity contribution in [1.82, 2.24) is 10.6 Å². The van der Waals surface area contributed by atoms with Gasteiger partial charge in [0, 0.05) is 0 Å². The molecule has 0 aromatic heterocycles. The largest absolute Gasteiger partial charge is 0.317 e. The van der Waals surface area contributed by atoms with E-state index in [1.54, 1.807) is 0 Å². The van der Waals surface area contributed by atoms with E-state index in [-0.39, 0.29) is 0 Å². The zero-order valence-corrected chi connectivity index (χ0v) is 9.02. The van der Waals surface area contributed by atoms with Crippen LogP contribution >= 0.6 is 0 Å². The van der Waals surface area contributed by atoms with E-state index in [0.717, 1.165) is 17.3 Å². The van der Waals surface area contributed by atoms with E-state index >= 15 is 0 Å². The third-order valence-corrected chi connectivity index (χ3v) is 4.48. The first kappa shape index (κ1) is 9.17. The Morgan fingerprint density at radius 2 is 1.93 bits per heavy atom. The second-order valence-electron chi connectivity index (χ2n) is 5.62. The molecule has 80 valence electrons. The molecule has 3 aliphatic rings. The van der Waals surface area contributed by atoms with Gasteiger partial charge in [-0.1, -0.05) is 0 Å². The first-order valence-electron chi connectivity index (χ1n) is 6.30. The van der Waals surface area contributed by atoms with Crippen molar-refractivity contribution in [2.24, 2.45) is 17.3 Å². The fraction of sp³-hybridized carbons (Fsp3) is 1.00. The Balaban J connectivity index is 1.38. The van der Waals surface area contributed by atoms with Crippen LogP contribution in [0.1, 0.15) is 32.1 Å². The van der Waals surface area contributed by atoms with Crippen LogP contribution in [0.25, 0.3) is 0 Å². The fourth-order valence-corrected chi connectivity index (χ4v) is 3.04. The molecule has 2 heteroatoms. The van der Waals surface area contributed by atoms with Crippen LogP contribution in [-0.2, 0) is 0 Å². The molecule has 1 spiro atoms. The van der Waals surface area contributed by atoms with Gasteiger partial charge in [0.1, 0.15) is 0 Å². The van der Waals surface area contributed by atoms with Crippen LogP contribution in [0.2, 0.25) is 0 Å². The molecule has 1 saturated heterocycles. The maximum absolute atomic E-state index is 3.66. The van der Waals surface area contributed by atoms with Gasteiger partial charge in [-0.2, -0.15) is 0 Å². The van der Waals surface area contributed by atoms with Gasteiger partial charge < -0.3 is 10.6 Å². The number of nitrogens with one attached hydrogen (secondary N) is 2. The maximum Gasteiger partial charge on any atom is -0.00149 e. The normalized spacial score (nSPS) is 34.7. The standard InChI is InChI=1S/C12H22N2/c1-2-10(1)8-14-9-11-7-12(11)3-5-13-6-4-12/h10-11,13-14H,1-9H2/t11-/m0/s1. The number of piperidine rings is 1. The van der Waals surface area contributed by atoms with Gasteiger partial charge in [-0.3, -0.25) is 0 Å². The first-order chi connectivity index (χ1) is 6.89. The van der Waals surface area contributed by atoms with Gasteiger partial charge >= 0.3 is 0 Å². The van der Waals surface area contributed by atoms with E-state index in [0.29, 0.717) is 0 Å². The molecule has 14 heavy (non-hydrogen) atoms. The summed E-state index contributed by atoms with van der Waals surface area (Å²) in [6.45, 7) is 5.12. The highest BCUT2D eigenvalue weighted by atomic mass is 14.9. The summed E-state index contributed by atoms with van der Waals surface area (Å²) in [6, 6.07) is 0.